The van der Waals surface area contributed by atoms with E-state index < -0.39 is 0 Å². The van der Waals surface area contributed by atoms with Crippen LogP contribution < -0.4 is 0 Å². The topological polar surface area (TPSA) is 66.2 Å². The molecule has 8 bridgehead atoms. The van der Waals surface area contributed by atoms with Gasteiger partial charge in [0.1, 0.15) is 11.5 Å². The van der Waals surface area contributed by atoms with Crippen LogP contribution in [0.4, 0.5) is 0 Å². The third kappa shape index (κ3) is 3.46. The molecule has 0 radical (unpaired) electrons. The number of phenols is 2. The maximum atomic E-state index is 11.6. The first-order chi connectivity index (χ1) is 18.7. The van der Waals surface area contributed by atoms with Gasteiger partial charge in [0, 0.05) is 32.7 Å². The van der Waals surface area contributed by atoms with Crippen molar-refractivity contribution < 1.29 is 10.2 Å². The molecule has 0 unspecified atom stereocenters. The van der Waals surface area contributed by atoms with Gasteiger partial charge in [0.15, 0.2) is 0 Å². The molecule has 0 atom stereocenters. The molecular weight excluding hydrogens is 468 g/mol. The smallest absolute Gasteiger partial charge is 0.132 e. The summed E-state index contributed by atoms with van der Waals surface area (Å²) in [5.41, 5.74) is 6.23. The van der Waals surface area contributed by atoms with Gasteiger partial charge in [-0.1, -0.05) is 84.9 Å². The van der Waals surface area contributed by atoms with Gasteiger partial charge in [-0.25, -0.2) is 9.97 Å². The molecule has 0 amide bonds. The highest BCUT2D eigenvalue weighted by molar-refractivity contribution is 6.03. The van der Waals surface area contributed by atoms with Crippen LogP contribution in [0.15, 0.2) is 97.1 Å². The summed E-state index contributed by atoms with van der Waals surface area (Å²) in [6.07, 6.45) is 7.71. The summed E-state index contributed by atoms with van der Waals surface area (Å²) in [6, 6.07) is 31.3. The lowest BCUT2D eigenvalue weighted by molar-refractivity contribution is 0.486. The molecule has 4 heteroatoms. The molecule has 7 rings (SSSR count). The molecule has 5 aromatic rings. The highest BCUT2D eigenvalue weighted by Gasteiger charge is 2.18. The van der Waals surface area contributed by atoms with Gasteiger partial charge < -0.3 is 10.2 Å². The largest absolute Gasteiger partial charge is 0.507 e. The molecule has 2 aliphatic heterocycles. The number of rotatable bonds is 2. The zero-order chi connectivity index (χ0) is 25.6. The van der Waals surface area contributed by atoms with E-state index in [9.17, 15) is 10.2 Å². The molecule has 3 heterocycles. The minimum Gasteiger partial charge on any atom is -0.507 e. The van der Waals surface area contributed by atoms with Gasteiger partial charge in [-0.15, -0.1) is 0 Å². The number of para-hydroxylation sites is 2. The van der Waals surface area contributed by atoms with E-state index in [-0.39, 0.29) is 11.5 Å². The van der Waals surface area contributed by atoms with Crippen LogP contribution in [0.3, 0.4) is 0 Å². The van der Waals surface area contributed by atoms with Crippen molar-refractivity contribution in [2.24, 2.45) is 0 Å². The van der Waals surface area contributed by atoms with Crippen molar-refractivity contribution in [3.05, 3.63) is 120 Å². The molecule has 1 aromatic heterocycles. The number of fused-ring (bicyclic) bond motifs is 10. The number of benzene rings is 4. The van der Waals surface area contributed by atoms with Gasteiger partial charge in [0.25, 0.3) is 0 Å². The van der Waals surface area contributed by atoms with Crippen LogP contribution >= 0.6 is 0 Å². The molecule has 0 spiro atoms. The van der Waals surface area contributed by atoms with Gasteiger partial charge in [0.05, 0.1) is 22.8 Å². The molecule has 38 heavy (non-hydrogen) atoms. The SMILES string of the molecule is Oc1c2cccc1c(-c1ccccc1)c1nc(c3cccc(c(-c4ccccc4)c4nc2C=C4)c3O)C=C1. The summed E-state index contributed by atoms with van der Waals surface area (Å²) in [4.78, 5) is 9.93. The highest BCUT2D eigenvalue weighted by Crippen LogP contribution is 2.41. The Morgan fingerprint density at radius 1 is 0.368 bits per heavy atom. The number of hydrogen-bond acceptors (Lipinski definition) is 4. The third-order valence-corrected chi connectivity index (χ3v) is 7.08. The van der Waals surface area contributed by atoms with Crippen LogP contribution in [0.5, 0.6) is 11.5 Å². The van der Waals surface area contributed by atoms with Crippen molar-refractivity contribution in [1.82, 2.24) is 9.97 Å². The molecule has 2 aliphatic rings. The molecule has 0 saturated heterocycles. The summed E-state index contributed by atoms with van der Waals surface area (Å²) < 4.78 is 0. The van der Waals surface area contributed by atoms with Crippen LogP contribution in [0.25, 0.3) is 68.1 Å². The Bertz CT molecular complexity index is 1780. The lowest BCUT2D eigenvalue weighted by Crippen LogP contribution is -1.89. The first kappa shape index (κ1) is 22.0. The summed E-state index contributed by atoms with van der Waals surface area (Å²) >= 11 is 0. The van der Waals surface area contributed by atoms with Crippen molar-refractivity contribution >= 4 is 45.8 Å². The van der Waals surface area contributed by atoms with E-state index in [0.717, 1.165) is 22.3 Å². The maximum Gasteiger partial charge on any atom is 0.132 e. The minimum absolute atomic E-state index is 0.153. The number of phenolic OH excluding ortho intramolecular Hbond substituents is 2. The Labute approximate surface area is 219 Å². The minimum atomic E-state index is 0.153. The fourth-order valence-corrected chi connectivity index (χ4v) is 5.30. The van der Waals surface area contributed by atoms with Gasteiger partial charge in [-0.05, 0) is 47.6 Å². The molecule has 0 aliphatic carbocycles. The number of aromatic hydroxyl groups is 2. The Kier molecular flexibility index (Phi) is 5.05. The van der Waals surface area contributed by atoms with Gasteiger partial charge in [-0.3, -0.25) is 0 Å². The first-order valence-electron chi connectivity index (χ1n) is 12.5. The van der Waals surface area contributed by atoms with Crippen molar-refractivity contribution in [3.8, 4) is 33.8 Å². The summed E-state index contributed by atoms with van der Waals surface area (Å²) in [6.45, 7) is 0. The molecule has 0 fully saturated rings. The van der Waals surface area contributed by atoms with Crippen LogP contribution in [0, 0.1) is 0 Å². The summed E-state index contributed by atoms with van der Waals surface area (Å²) in [5.74, 6) is 0.306. The van der Waals surface area contributed by atoms with E-state index in [1.54, 1.807) is 0 Å². The summed E-state index contributed by atoms with van der Waals surface area (Å²) in [5, 5.41) is 25.8. The van der Waals surface area contributed by atoms with E-state index >= 15 is 0 Å². The molecule has 4 aromatic carbocycles. The second kappa shape index (κ2) is 8.71. The third-order valence-electron chi connectivity index (χ3n) is 7.08. The second-order valence-corrected chi connectivity index (χ2v) is 9.32. The van der Waals surface area contributed by atoms with E-state index in [2.05, 4.69) is 0 Å². The number of nitrogens with zero attached hydrogens (tertiary/aromatic N) is 2. The molecule has 4 nitrogen and oxygen atoms in total. The van der Waals surface area contributed by atoms with Gasteiger partial charge in [0.2, 0.25) is 0 Å². The van der Waals surface area contributed by atoms with Crippen molar-refractivity contribution in [1.29, 1.82) is 0 Å². The fourth-order valence-electron chi connectivity index (χ4n) is 5.30. The number of aromatic nitrogens is 2. The molecular formula is C34H22N2O2. The Hall–Kier alpha value is -5.22. The predicted octanol–water partition coefficient (Wildman–Crippen LogP) is 8.18. The van der Waals surface area contributed by atoms with Crippen LogP contribution in [0.2, 0.25) is 0 Å². The second-order valence-electron chi connectivity index (χ2n) is 9.32. The van der Waals surface area contributed by atoms with Crippen LogP contribution in [-0.2, 0) is 0 Å². The Balaban J connectivity index is 1.74. The Morgan fingerprint density at radius 2 is 0.737 bits per heavy atom. The van der Waals surface area contributed by atoms with Gasteiger partial charge >= 0.3 is 0 Å². The maximum absolute atomic E-state index is 11.6. The van der Waals surface area contributed by atoms with E-state index in [4.69, 9.17) is 9.97 Å². The summed E-state index contributed by atoms with van der Waals surface area (Å²) in [7, 11) is 0. The van der Waals surface area contributed by atoms with Crippen molar-refractivity contribution in [2.45, 2.75) is 0 Å². The molecule has 2 N–H and O–H groups in total. The van der Waals surface area contributed by atoms with E-state index in [1.165, 1.54) is 0 Å². The average Bonchev–Trinajstić information content (AvgIpc) is 3.63. The first-order valence-corrected chi connectivity index (χ1v) is 12.5. The standard InChI is InChI=1S/C34H22N2O2/c37-33-23-13-7-15-25(33)31(21-9-3-1-4-10-21)29-19-17-27(35-29)24-14-8-16-26(34(24)38)32(22-11-5-2-6-12-22)30-20-18-28(23)36-30/h1-20,37-38H. The zero-order valence-corrected chi connectivity index (χ0v) is 20.3. The van der Waals surface area contributed by atoms with Gasteiger partial charge in [-0.2, -0.15) is 0 Å². The quantitative estimate of drug-likeness (QED) is 0.256. The fraction of sp³-hybridized carbons (Fsp3) is 0. The lowest BCUT2D eigenvalue weighted by atomic mass is 9.98. The normalized spacial score (nSPS) is 12.2. The molecule has 180 valence electrons. The van der Waals surface area contributed by atoms with E-state index in [1.807, 2.05) is 121 Å². The average molecular weight is 491 g/mol. The monoisotopic (exact) mass is 490 g/mol. The number of hydrogen-bond donors (Lipinski definition) is 2. The Morgan fingerprint density at radius 3 is 1.16 bits per heavy atom. The van der Waals surface area contributed by atoms with Crippen molar-refractivity contribution in [2.75, 3.05) is 0 Å². The van der Waals surface area contributed by atoms with Crippen LogP contribution in [-0.4, -0.2) is 20.2 Å². The zero-order valence-electron chi connectivity index (χ0n) is 20.3. The predicted molar refractivity (Wildman–Crippen MR) is 156 cm³/mol. The highest BCUT2D eigenvalue weighted by atomic mass is 16.3. The van der Waals surface area contributed by atoms with E-state index in [0.29, 0.717) is 44.3 Å². The molecule has 0 saturated carbocycles. The van der Waals surface area contributed by atoms with Crippen molar-refractivity contribution in [3.63, 3.8) is 0 Å². The van der Waals surface area contributed by atoms with Crippen LogP contribution in [0.1, 0.15) is 22.8 Å². The lowest BCUT2D eigenvalue weighted by Gasteiger charge is -2.09.